The highest BCUT2D eigenvalue weighted by Gasteiger charge is 2.24. The Balaban J connectivity index is 2.20. The number of benzene rings is 2. The molecule has 30 heavy (non-hydrogen) atoms. The molecule has 0 saturated heterocycles. The standard InChI is InChI=1S/C21H26N2O6S/c1-12-9-13(2)19(14(3)10-12)23-20(24)15(4)29-21(25)16-7-8-17(28-6)18(11-16)30(26,27)22-5/h7-11,15,22H,1-6H3,(H,23,24). The number of hydrogen-bond donors (Lipinski definition) is 2. The third-order valence-electron chi connectivity index (χ3n) is 4.54. The summed E-state index contributed by atoms with van der Waals surface area (Å²) in [5.41, 5.74) is 3.52. The van der Waals surface area contributed by atoms with E-state index < -0.39 is 28.0 Å². The molecule has 0 saturated carbocycles. The Bertz CT molecular complexity index is 1060. The molecule has 0 bridgehead atoms. The number of nitrogens with one attached hydrogen (secondary N) is 2. The Hall–Kier alpha value is -2.91. The van der Waals surface area contributed by atoms with Crippen LogP contribution in [0.5, 0.6) is 5.75 Å². The molecule has 9 heteroatoms. The fourth-order valence-corrected chi connectivity index (χ4v) is 3.93. The van der Waals surface area contributed by atoms with E-state index in [1.54, 1.807) is 0 Å². The van der Waals surface area contributed by atoms with Crippen LogP contribution in [0.25, 0.3) is 0 Å². The maximum atomic E-state index is 12.5. The summed E-state index contributed by atoms with van der Waals surface area (Å²) >= 11 is 0. The van der Waals surface area contributed by atoms with Crippen molar-refractivity contribution in [3.63, 3.8) is 0 Å². The molecule has 0 radical (unpaired) electrons. The molecule has 0 aliphatic carbocycles. The van der Waals surface area contributed by atoms with E-state index >= 15 is 0 Å². The number of esters is 1. The smallest absolute Gasteiger partial charge is 0.338 e. The maximum absolute atomic E-state index is 12.5. The van der Waals surface area contributed by atoms with E-state index in [1.807, 2.05) is 32.9 Å². The highest BCUT2D eigenvalue weighted by Crippen LogP contribution is 2.25. The summed E-state index contributed by atoms with van der Waals surface area (Å²) in [5.74, 6) is -1.24. The fraction of sp³-hybridized carbons (Fsp3) is 0.333. The van der Waals surface area contributed by atoms with Gasteiger partial charge in [0.2, 0.25) is 10.0 Å². The van der Waals surface area contributed by atoms with E-state index in [-0.39, 0.29) is 16.2 Å². The van der Waals surface area contributed by atoms with Gasteiger partial charge < -0.3 is 14.8 Å². The van der Waals surface area contributed by atoms with Crippen molar-refractivity contribution in [2.24, 2.45) is 0 Å². The molecule has 2 rings (SSSR count). The van der Waals surface area contributed by atoms with Gasteiger partial charge in [-0.2, -0.15) is 0 Å². The van der Waals surface area contributed by atoms with Crippen molar-refractivity contribution in [3.05, 3.63) is 52.6 Å². The summed E-state index contributed by atoms with van der Waals surface area (Å²) in [4.78, 5) is 24.8. The van der Waals surface area contributed by atoms with Gasteiger partial charge in [-0.05, 0) is 64.1 Å². The number of aryl methyl sites for hydroxylation is 3. The van der Waals surface area contributed by atoms with Gasteiger partial charge in [-0.25, -0.2) is 17.9 Å². The SMILES string of the molecule is CNS(=O)(=O)c1cc(C(=O)OC(C)C(=O)Nc2c(C)cc(C)cc2C)ccc1OC. The summed E-state index contributed by atoms with van der Waals surface area (Å²) in [6.07, 6.45) is -1.09. The maximum Gasteiger partial charge on any atom is 0.338 e. The number of hydrogen-bond acceptors (Lipinski definition) is 6. The van der Waals surface area contributed by atoms with Crippen molar-refractivity contribution in [2.45, 2.75) is 38.7 Å². The molecule has 1 unspecified atom stereocenters. The topological polar surface area (TPSA) is 111 Å². The summed E-state index contributed by atoms with van der Waals surface area (Å²) in [7, 11) is -1.28. The van der Waals surface area contributed by atoms with Crippen molar-refractivity contribution in [1.29, 1.82) is 0 Å². The lowest BCUT2D eigenvalue weighted by Gasteiger charge is -2.17. The predicted octanol–water partition coefficient (Wildman–Crippen LogP) is 2.71. The zero-order valence-electron chi connectivity index (χ0n) is 17.8. The van der Waals surface area contributed by atoms with Crippen LogP contribution in [0.3, 0.4) is 0 Å². The Labute approximate surface area is 176 Å². The first-order chi connectivity index (χ1) is 14.0. The fourth-order valence-electron chi connectivity index (χ4n) is 3.01. The largest absolute Gasteiger partial charge is 0.495 e. The molecule has 2 N–H and O–H groups in total. The Morgan fingerprint density at radius 2 is 1.63 bits per heavy atom. The molecular formula is C21H26N2O6S. The van der Waals surface area contributed by atoms with Crippen LogP contribution in [0.2, 0.25) is 0 Å². The number of carbonyl (C=O) groups excluding carboxylic acids is 2. The van der Waals surface area contributed by atoms with Gasteiger partial charge in [0.1, 0.15) is 10.6 Å². The minimum absolute atomic E-state index is 0.0213. The van der Waals surface area contributed by atoms with Crippen LogP contribution in [0.4, 0.5) is 5.69 Å². The first-order valence-electron chi connectivity index (χ1n) is 9.21. The number of ether oxygens (including phenoxy) is 2. The molecule has 2 aromatic rings. The Morgan fingerprint density at radius 3 is 2.17 bits per heavy atom. The van der Waals surface area contributed by atoms with Gasteiger partial charge in [-0.1, -0.05) is 17.7 Å². The van der Waals surface area contributed by atoms with Crippen LogP contribution in [0.15, 0.2) is 35.2 Å². The van der Waals surface area contributed by atoms with Crippen molar-refractivity contribution in [3.8, 4) is 5.75 Å². The zero-order valence-corrected chi connectivity index (χ0v) is 18.6. The van der Waals surface area contributed by atoms with E-state index in [4.69, 9.17) is 9.47 Å². The van der Waals surface area contributed by atoms with Gasteiger partial charge >= 0.3 is 5.97 Å². The van der Waals surface area contributed by atoms with E-state index in [0.29, 0.717) is 5.69 Å². The average Bonchev–Trinajstić information content (AvgIpc) is 2.69. The van der Waals surface area contributed by atoms with Gasteiger partial charge in [0.25, 0.3) is 5.91 Å². The zero-order chi connectivity index (χ0) is 22.6. The van der Waals surface area contributed by atoms with Crippen LogP contribution < -0.4 is 14.8 Å². The molecule has 0 aromatic heterocycles. The van der Waals surface area contributed by atoms with Crippen molar-refractivity contribution in [1.82, 2.24) is 4.72 Å². The monoisotopic (exact) mass is 434 g/mol. The Kier molecular flexibility index (Phi) is 7.22. The van der Waals surface area contributed by atoms with Crippen LogP contribution >= 0.6 is 0 Å². The van der Waals surface area contributed by atoms with Gasteiger partial charge in [0.05, 0.1) is 12.7 Å². The second-order valence-corrected chi connectivity index (χ2v) is 8.74. The summed E-state index contributed by atoms with van der Waals surface area (Å²) in [6.45, 7) is 7.18. The quantitative estimate of drug-likeness (QED) is 0.648. The first kappa shape index (κ1) is 23.4. The van der Waals surface area contributed by atoms with E-state index in [0.717, 1.165) is 22.8 Å². The van der Waals surface area contributed by atoms with Crippen LogP contribution in [0, 0.1) is 20.8 Å². The lowest BCUT2D eigenvalue weighted by Crippen LogP contribution is -2.30. The molecule has 2 aromatic carbocycles. The summed E-state index contributed by atoms with van der Waals surface area (Å²) in [6, 6.07) is 7.76. The minimum atomic E-state index is -3.86. The Morgan fingerprint density at radius 1 is 1.03 bits per heavy atom. The summed E-state index contributed by atoms with van der Waals surface area (Å²) in [5, 5.41) is 2.78. The number of sulfonamides is 1. The molecule has 0 aliphatic rings. The third-order valence-corrected chi connectivity index (χ3v) is 5.97. The molecule has 0 fully saturated rings. The van der Waals surface area contributed by atoms with Crippen LogP contribution in [0.1, 0.15) is 34.0 Å². The number of rotatable bonds is 7. The molecular weight excluding hydrogens is 408 g/mol. The average molecular weight is 435 g/mol. The molecule has 1 atom stereocenters. The number of carbonyl (C=O) groups is 2. The van der Waals surface area contributed by atoms with Gasteiger partial charge in [0, 0.05) is 5.69 Å². The van der Waals surface area contributed by atoms with Crippen LogP contribution in [-0.4, -0.2) is 40.6 Å². The second kappa shape index (κ2) is 9.27. The van der Waals surface area contributed by atoms with Crippen molar-refractivity contribution >= 4 is 27.6 Å². The molecule has 0 aliphatic heterocycles. The molecule has 0 spiro atoms. The van der Waals surface area contributed by atoms with Gasteiger partial charge in [0.15, 0.2) is 6.10 Å². The third kappa shape index (κ3) is 5.17. The van der Waals surface area contributed by atoms with Crippen LogP contribution in [-0.2, 0) is 19.6 Å². The lowest BCUT2D eigenvalue weighted by atomic mass is 10.0. The lowest BCUT2D eigenvalue weighted by molar-refractivity contribution is -0.123. The number of amides is 1. The molecule has 8 nitrogen and oxygen atoms in total. The van der Waals surface area contributed by atoms with E-state index in [1.165, 1.54) is 33.2 Å². The summed E-state index contributed by atoms with van der Waals surface area (Å²) < 4.78 is 36.8. The highest BCUT2D eigenvalue weighted by molar-refractivity contribution is 7.89. The first-order valence-corrected chi connectivity index (χ1v) is 10.7. The highest BCUT2D eigenvalue weighted by atomic mass is 32.2. The number of methoxy groups -OCH3 is 1. The van der Waals surface area contributed by atoms with E-state index in [2.05, 4.69) is 10.0 Å². The second-order valence-electron chi connectivity index (χ2n) is 6.88. The minimum Gasteiger partial charge on any atom is -0.495 e. The molecule has 162 valence electrons. The number of anilines is 1. The van der Waals surface area contributed by atoms with Gasteiger partial charge in [-0.15, -0.1) is 0 Å². The van der Waals surface area contributed by atoms with Crippen molar-refractivity contribution in [2.75, 3.05) is 19.5 Å². The normalized spacial score (nSPS) is 12.2. The predicted molar refractivity (Wildman–Crippen MR) is 113 cm³/mol. The molecule has 1 amide bonds. The van der Waals surface area contributed by atoms with Gasteiger partial charge in [-0.3, -0.25) is 4.79 Å². The van der Waals surface area contributed by atoms with E-state index in [9.17, 15) is 18.0 Å². The molecule has 0 heterocycles. The van der Waals surface area contributed by atoms with Crippen molar-refractivity contribution < 1.29 is 27.5 Å².